The second-order valence-electron chi connectivity index (χ2n) is 2.78. The molecule has 5 nitrogen and oxygen atoms in total. The van der Waals surface area contributed by atoms with Gasteiger partial charge in [0, 0.05) is 13.0 Å². The second kappa shape index (κ2) is 5.54. The molecule has 0 aliphatic heterocycles. The van der Waals surface area contributed by atoms with E-state index < -0.39 is 30.6 Å². The number of halogens is 3. The van der Waals surface area contributed by atoms with Crippen LogP contribution in [0.5, 0.6) is 0 Å². The molecule has 8 heteroatoms. The van der Waals surface area contributed by atoms with Crippen LogP contribution in [0.15, 0.2) is 0 Å². The Kier molecular flexibility index (Phi) is 5.06. The molecule has 0 rings (SSSR count). The Morgan fingerprint density at radius 3 is 2.27 bits per heavy atom. The molecule has 0 spiro atoms. The summed E-state index contributed by atoms with van der Waals surface area (Å²) < 4.78 is 34.8. The molecular formula is C7H10F3NO4. The average Bonchev–Trinajstić information content (AvgIpc) is 2.00. The van der Waals surface area contributed by atoms with E-state index in [0.29, 0.717) is 0 Å². The van der Waals surface area contributed by atoms with Crippen LogP contribution in [-0.4, -0.2) is 40.9 Å². The van der Waals surface area contributed by atoms with Crippen molar-refractivity contribution in [1.82, 2.24) is 5.32 Å². The number of aliphatic hydroxyl groups is 1. The van der Waals surface area contributed by atoms with E-state index in [9.17, 15) is 22.8 Å². The maximum absolute atomic E-state index is 11.6. The van der Waals surface area contributed by atoms with Crippen LogP contribution < -0.4 is 5.32 Å². The molecule has 3 N–H and O–H groups in total. The predicted octanol–water partition coefficient (Wildman–Crippen LogP) is -0.109. The highest BCUT2D eigenvalue weighted by atomic mass is 19.4. The summed E-state index contributed by atoms with van der Waals surface area (Å²) in [6.07, 6.45) is -8.22. The van der Waals surface area contributed by atoms with Gasteiger partial charge in [-0.3, -0.25) is 4.79 Å². The Morgan fingerprint density at radius 1 is 1.33 bits per heavy atom. The van der Waals surface area contributed by atoms with E-state index in [0.717, 1.165) is 0 Å². The lowest BCUT2D eigenvalue weighted by Crippen LogP contribution is -2.32. The molecule has 0 aromatic rings. The third-order valence-electron chi connectivity index (χ3n) is 1.39. The Balaban J connectivity index is 3.69. The van der Waals surface area contributed by atoms with Crippen LogP contribution in [0.3, 0.4) is 0 Å². The van der Waals surface area contributed by atoms with Gasteiger partial charge >= 0.3 is 12.1 Å². The maximum Gasteiger partial charge on any atom is 0.397 e. The molecule has 0 aromatic carbocycles. The molecule has 0 bridgehead atoms. The van der Waals surface area contributed by atoms with Gasteiger partial charge in [0.25, 0.3) is 0 Å². The average molecular weight is 229 g/mol. The van der Waals surface area contributed by atoms with Gasteiger partial charge < -0.3 is 15.5 Å². The van der Waals surface area contributed by atoms with Gasteiger partial charge in [0.1, 0.15) is 6.42 Å². The van der Waals surface area contributed by atoms with Gasteiger partial charge in [0.15, 0.2) is 6.10 Å². The first kappa shape index (κ1) is 13.7. The van der Waals surface area contributed by atoms with E-state index >= 15 is 0 Å². The highest BCUT2D eigenvalue weighted by Crippen LogP contribution is 2.18. The fraction of sp³-hybridized carbons (Fsp3) is 0.714. The first-order valence-electron chi connectivity index (χ1n) is 3.96. The predicted molar refractivity (Wildman–Crippen MR) is 41.9 cm³/mol. The van der Waals surface area contributed by atoms with Crippen LogP contribution in [0.25, 0.3) is 0 Å². The molecule has 0 aromatic heterocycles. The van der Waals surface area contributed by atoms with Crippen molar-refractivity contribution in [1.29, 1.82) is 0 Å². The second-order valence-corrected chi connectivity index (χ2v) is 2.78. The zero-order valence-electron chi connectivity index (χ0n) is 7.54. The molecular weight excluding hydrogens is 219 g/mol. The van der Waals surface area contributed by atoms with E-state index in [1.54, 1.807) is 0 Å². The molecule has 88 valence electrons. The maximum atomic E-state index is 11.6. The van der Waals surface area contributed by atoms with Crippen molar-refractivity contribution in [3.63, 3.8) is 0 Å². The Labute approximate surface area is 82.9 Å². The fourth-order valence-electron chi connectivity index (χ4n) is 0.716. The molecule has 0 heterocycles. The van der Waals surface area contributed by atoms with Crippen molar-refractivity contribution < 1.29 is 33.0 Å². The third kappa shape index (κ3) is 7.74. The summed E-state index contributed by atoms with van der Waals surface area (Å²) >= 11 is 0. The lowest BCUT2D eigenvalue weighted by molar-refractivity contribution is -0.154. The van der Waals surface area contributed by atoms with Crippen LogP contribution in [0.4, 0.5) is 13.2 Å². The Bertz CT molecular complexity index is 241. The quantitative estimate of drug-likeness (QED) is 0.614. The van der Waals surface area contributed by atoms with Crippen LogP contribution in [0.2, 0.25) is 0 Å². The van der Waals surface area contributed by atoms with Crippen molar-refractivity contribution in [3.8, 4) is 0 Å². The zero-order chi connectivity index (χ0) is 12.1. The fourth-order valence-corrected chi connectivity index (χ4v) is 0.716. The number of hydrogen-bond donors (Lipinski definition) is 3. The molecule has 15 heavy (non-hydrogen) atoms. The Morgan fingerprint density at radius 2 is 1.87 bits per heavy atom. The van der Waals surface area contributed by atoms with Gasteiger partial charge in [0.05, 0.1) is 0 Å². The summed E-state index contributed by atoms with van der Waals surface area (Å²) in [4.78, 5) is 20.6. The number of rotatable bonds is 5. The summed E-state index contributed by atoms with van der Waals surface area (Å²) in [6.45, 7) is -0.317. The molecule has 1 amide bonds. The number of carbonyl (C=O) groups excluding carboxylic acids is 1. The van der Waals surface area contributed by atoms with Crippen molar-refractivity contribution in [2.75, 3.05) is 6.54 Å². The van der Waals surface area contributed by atoms with Gasteiger partial charge in [-0.25, -0.2) is 4.79 Å². The number of aliphatic hydroxyl groups excluding tert-OH is 1. The van der Waals surface area contributed by atoms with Gasteiger partial charge in [-0.1, -0.05) is 0 Å². The summed E-state index contributed by atoms with van der Waals surface area (Å²) in [7, 11) is 0. The summed E-state index contributed by atoms with van der Waals surface area (Å²) in [5.41, 5.74) is 0. The largest absolute Gasteiger partial charge is 0.479 e. The number of carboxylic acid groups (broad SMARTS) is 1. The molecule has 0 saturated carbocycles. The number of aliphatic carboxylic acids is 1. The van der Waals surface area contributed by atoms with Crippen molar-refractivity contribution in [3.05, 3.63) is 0 Å². The van der Waals surface area contributed by atoms with Crippen LogP contribution in [0, 0.1) is 0 Å². The Hall–Kier alpha value is -1.31. The topological polar surface area (TPSA) is 86.6 Å². The standard InChI is InChI=1S/C7H10F3NO4/c8-7(9,10)3-5(13)11-2-1-4(12)6(14)15/h4,12H,1-3H2,(H,11,13)(H,14,15)/t4-/m0/s1. The van der Waals surface area contributed by atoms with Crippen LogP contribution >= 0.6 is 0 Å². The molecule has 0 saturated heterocycles. The van der Waals surface area contributed by atoms with Crippen LogP contribution in [-0.2, 0) is 9.59 Å². The number of amides is 1. The summed E-state index contributed by atoms with van der Waals surface area (Å²) in [5, 5.41) is 18.7. The third-order valence-corrected chi connectivity index (χ3v) is 1.39. The van der Waals surface area contributed by atoms with Crippen LogP contribution in [0.1, 0.15) is 12.8 Å². The highest BCUT2D eigenvalue weighted by molar-refractivity contribution is 5.76. The van der Waals surface area contributed by atoms with Crippen molar-refractivity contribution in [2.24, 2.45) is 0 Å². The van der Waals surface area contributed by atoms with Gasteiger partial charge in [0.2, 0.25) is 5.91 Å². The molecule has 0 aliphatic carbocycles. The van der Waals surface area contributed by atoms with E-state index in [1.807, 2.05) is 5.32 Å². The summed E-state index contributed by atoms with van der Waals surface area (Å²) in [6, 6.07) is 0. The SMILES string of the molecule is O=C(CC(F)(F)F)NCC[C@H](O)C(=O)O. The van der Waals surface area contributed by atoms with E-state index in [2.05, 4.69) is 0 Å². The first-order chi connectivity index (χ1) is 6.72. The minimum Gasteiger partial charge on any atom is -0.479 e. The molecule has 1 atom stereocenters. The smallest absolute Gasteiger partial charge is 0.397 e. The van der Waals surface area contributed by atoms with Gasteiger partial charge in [-0.15, -0.1) is 0 Å². The van der Waals surface area contributed by atoms with E-state index in [4.69, 9.17) is 10.2 Å². The zero-order valence-corrected chi connectivity index (χ0v) is 7.54. The number of carbonyl (C=O) groups is 2. The number of carboxylic acids is 1. The summed E-state index contributed by atoms with van der Waals surface area (Å²) in [5.74, 6) is -2.74. The first-order valence-corrected chi connectivity index (χ1v) is 3.96. The van der Waals surface area contributed by atoms with Gasteiger partial charge in [-0.2, -0.15) is 13.2 Å². The van der Waals surface area contributed by atoms with Crippen molar-refractivity contribution >= 4 is 11.9 Å². The molecule has 0 fully saturated rings. The molecule has 0 radical (unpaired) electrons. The normalized spacial score (nSPS) is 13.3. The lowest BCUT2D eigenvalue weighted by Gasteiger charge is -2.08. The monoisotopic (exact) mass is 229 g/mol. The van der Waals surface area contributed by atoms with Crippen molar-refractivity contribution in [2.45, 2.75) is 25.1 Å². The number of alkyl halides is 3. The van der Waals surface area contributed by atoms with E-state index in [-0.39, 0.29) is 13.0 Å². The number of hydrogen-bond acceptors (Lipinski definition) is 3. The number of nitrogens with one attached hydrogen (secondary N) is 1. The lowest BCUT2D eigenvalue weighted by atomic mass is 10.2. The van der Waals surface area contributed by atoms with Gasteiger partial charge in [-0.05, 0) is 0 Å². The minimum atomic E-state index is -4.59. The molecule has 0 aliphatic rings. The minimum absolute atomic E-state index is 0.317. The highest BCUT2D eigenvalue weighted by Gasteiger charge is 2.31. The molecule has 0 unspecified atom stereocenters. The van der Waals surface area contributed by atoms with E-state index in [1.165, 1.54) is 0 Å².